The van der Waals surface area contributed by atoms with E-state index >= 15 is 0 Å². The van der Waals surface area contributed by atoms with Gasteiger partial charge in [0, 0.05) is 13.1 Å². The summed E-state index contributed by atoms with van der Waals surface area (Å²) in [4.78, 5) is 57.3. The van der Waals surface area contributed by atoms with Gasteiger partial charge in [-0.1, -0.05) is 18.2 Å². The average Bonchev–Trinajstić information content (AvgIpc) is 3.51. The van der Waals surface area contributed by atoms with Gasteiger partial charge in [-0.25, -0.2) is 9.78 Å². The number of aromatic nitrogens is 2. The minimum Gasteiger partial charge on any atom is -0.508 e. The standard InChI is InChI=1S/C25H23N5O6S/c1-13-8-19(23(33)26-10-14-4-2-5-15(31)9-14)37-21(13)24(34)30-18(25(35)36)11-27-22(32)16-6-3-7-17-20(16)29-12-28-17/h2-9,12,18,31H,10-11H2,1H3,(H,26,33)(H,27,32)(H,28,29)(H,30,34)(H,35,36)/t18-/m0/s1. The van der Waals surface area contributed by atoms with Crippen LogP contribution in [-0.4, -0.2) is 56.5 Å². The van der Waals surface area contributed by atoms with Crippen LogP contribution in [-0.2, 0) is 11.3 Å². The van der Waals surface area contributed by atoms with Gasteiger partial charge in [-0.05, 0) is 48.4 Å². The van der Waals surface area contributed by atoms with Crippen LogP contribution in [0.5, 0.6) is 5.75 Å². The maximum atomic E-state index is 12.8. The third-order valence-corrected chi connectivity index (χ3v) is 6.71. The van der Waals surface area contributed by atoms with Gasteiger partial charge in [0.05, 0.1) is 27.2 Å². The van der Waals surface area contributed by atoms with Crippen molar-refractivity contribution < 1.29 is 29.4 Å². The quantitative estimate of drug-likeness (QED) is 0.196. The van der Waals surface area contributed by atoms with E-state index in [2.05, 4.69) is 25.9 Å². The van der Waals surface area contributed by atoms with Crippen LogP contribution in [0.1, 0.15) is 40.8 Å². The molecule has 6 N–H and O–H groups in total. The van der Waals surface area contributed by atoms with Crippen LogP contribution in [0.3, 0.4) is 0 Å². The van der Waals surface area contributed by atoms with Crippen LogP contribution in [0.4, 0.5) is 0 Å². The molecule has 4 aromatic rings. The number of hydrogen-bond donors (Lipinski definition) is 6. The van der Waals surface area contributed by atoms with Crippen molar-refractivity contribution in [1.82, 2.24) is 25.9 Å². The molecular weight excluding hydrogens is 498 g/mol. The zero-order valence-electron chi connectivity index (χ0n) is 19.6. The third-order valence-electron chi connectivity index (χ3n) is 5.48. The number of rotatable bonds is 9. The number of nitrogens with one attached hydrogen (secondary N) is 4. The number of aromatic amines is 1. The number of phenols is 1. The largest absolute Gasteiger partial charge is 0.508 e. The van der Waals surface area contributed by atoms with Gasteiger partial charge in [-0.15, -0.1) is 11.3 Å². The first-order chi connectivity index (χ1) is 17.7. The van der Waals surface area contributed by atoms with Crippen LogP contribution in [0.25, 0.3) is 11.0 Å². The molecule has 3 amide bonds. The topological polar surface area (TPSA) is 174 Å². The van der Waals surface area contributed by atoms with Crippen LogP contribution >= 0.6 is 11.3 Å². The molecule has 0 aliphatic rings. The molecule has 190 valence electrons. The Balaban J connectivity index is 1.38. The molecule has 0 aliphatic carbocycles. The highest BCUT2D eigenvalue weighted by molar-refractivity contribution is 7.16. The summed E-state index contributed by atoms with van der Waals surface area (Å²) < 4.78 is 0. The van der Waals surface area contributed by atoms with Gasteiger partial charge in [0.15, 0.2) is 0 Å². The smallest absolute Gasteiger partial charge is 0.328 e. The second kappa shape index (κ2) is 10.9. The summed E-state index contributed by atoms with van der Waals surface area (Å²) in [6, 6.07) is 11.6. The highest BCUT2D eigenvalue weighted by Gasteiger charge is 2.25. The molecule has 2 heterocycles. The average molecular weight is 522 g/mol. The monoisotopic (exact) mass is 521 g/mol. The van der Waals surface area contributed by atoms with Crippen molar-refractivity contribution in [1.29, 1.82) is 0 Å². The molecule has 12 heteroatoms. The minimum atomic E-state index is -1.40. The van der Waals surface area contributed by atoms with E-state index in [1.807, 2.05) is 0 Å². The van der Waals surface area contributed by atoms with Gasteiger partial charge in [0.2, 0.25) is 0 Å². The SMILES string of the molecule is Cc1cc(C(=O)NCc2cccc(O)c2)sc1C(=O)N[C@@H](CNC(=O)c1cccc2[nH]cnc12)C(=O)O. The number of carboxylic acid groups (broad SMARTS) is 1. The van der Waals surface area contributed by atoms with Crippen LogP contribution < -0.4 is 16.0 Å². The number of carbonyl (C=O) groups excluding carboxylic acids is 3. The van der Waals surface area contributed by atoms with E-state index in [0.717, 1.165) is 11.3 Å². The fraction of sp³-hybridized carbons (Fsp3) is 0.160. The molecule has 11 nitrogen and oxygen atoms in total. The Morgan fingerprint density at radius 2 is 1.81 bits per heavy atom. The molecule has 4 rings (SSSR count). The predicted molar refractivity (Wildman–Crippen MR) is 136 cm³/mol. The molecule has 0 aliphatic heterocycles. The lowest BCUT2D eigenvalue weighted by atomic mass is 10.1. The Morgan fingerprint density at radius 1 is 1.03 bits per heavy atom. The van der Waals surface area contributed by atoms with E-state index in [-0.39, 0.29) is 34.2 Å². The molecule has 0 spiro atoms. The zero-order valence-corrected chi connectivity index (χ0v) is 20.4. The van der Waals surface area contributed by atoms with E-state index in [0.29, 0.717) is 22.2 Å². The molecule has 1 atom stereocenters. The van der Waals surface area contributed by atoms with Gasteiger partial charge in [-0.2, -0.15) is 0 Å². The first kappa shape index (κ1) is 25.4. The van der Waals surface area contributed by atoms with E-state index < -0.39 is 29.7 Å². The molecule has 0 bridgehead atoms. The molecule has 2 aromatic carbocycles. The van der Waals surface area contributed by atoms with Gasteiger partial charge in [0.1, 0.15) is 17.3 Å². The normalized spacial score (nSPS) is 11.6. The van der Waals surface area contributed by atoms with Crippen molar-refractivity contribution in [2.75, 3.05) is 6.54 Å². The number of carboxylic acids is 1. The molecule has 2 aromatic heterocycles. The number of nitrogens with zero attached hydrogens (tertiary/aromatic N) is 1. The van der Waals surface area contributed by atoms with Gasteiger partial charge < -0.3 is 31.1 Å². The van der Waals surface area contributed by atoms with Gasteiger partial charge >= 0.3 is 5.97 Å². The number of H-pyrrole nitrogens is 1. The summed E-state index contributed by atoms with van der Waals surface area (Å²) in [5.41, 5.74) is 2.58. The number of aryl methyl sites for hydroxylation is 1. The number of imidazole rings is 1. The molecule has 0 unspecified atom stereocenters. The summed E-state index contributed by atoms with van der Waals surface area (Å²) in [5.74, 6) is -2.86. The minimum absolute atomic E-state index is 0.0834. The van der Waals surface area contributed by atoms with Crippen molar-refractivity contribution in [3.05, 3.63) is 81.3 Å². The van der Waals surface area contributed by atoms with E-state index in [9.17, 15) is 29.4 Å². The highest BCUT2D eigenvalue weighted by Crippen LogP contribution is 2.22. The number of fused-ring (bicyclic) bond motifs is 1. The lowest BCUT2D eigenvalue weighted by Gasteiger charge is -2.15. The summed E-state index contributed by atoms with van der Waals surface area (Å²) in [6.45, 7) is 1.46. The Bertz CT molecular complexity index is 1490. The lowest BCUT2D eigenvalue weighted by Crippen LogP contribution is -2.48. The van der Waals surface area contributed by atoms with Gasteiger partial charge in [0.25, 0.3) is 17.7 Å². The fourth-order valence-corrected chi connectivity index (χ4v) is 4.61. The Hall–Kier alpha value is -4.71. The zero-order chi connectivity index (χ0) is 26.5. The second-order valence-electron chi connectivity index (χ2n) is 8.15. The van der Waals surface area contributed by atoms with E-state index in [1.54, 1.807) is 43.3 Å². The number of carbonyl (C=O) groups is 4. The Kier molecular flexibility index (Phi) is 7.49. The summed E-state index contributed by atoms with van der Waals surface area (Å²) >= 11 is 0.926. The van der Waals surface area contributed by atoms with E-state index in [1.165, 1.54) is 18.5 Å². The van der Waals surface area contributed by atoms with Crippen LogP contribution in [0.2, 0.25) is 0 Å². The van der Waals surface area contributed by atoms with Crippen LogP contribution in [0.15, 0.2) is 54.9 Å². The summed E-state index contributed by atoms with van der Waals surface area (Å²) in [5, 5.41) is 26.8. The van der Waals surface area contributed by atoms with Crippen molar-refractivity contribution in [2.24, 2.45) is 0 Å². The third kappa shape index (κ3) is 5.93. The molecule has 37 heavy (non-hydrogen) atoms. The molecule has 0 saturated carbocycles. The van der Waals surface area contributed by atoms with Crippen molar-refractivity contribution in [3.63, 3.8) is 0 Å². The van der Waals surface area contributed by atoms with Gasteiger partial charge in [-0.3, -0.25) is 14.4 Å². The Labute approximate surface area is 214 Å². The maximum absolute atomic E-state index is 12.8. The number of benzene rings is 2. The summed E-state index contributed by atoms with van der Waals surface area (Å²) in [7, 11) is 0. The first-order valence-corrected chi connectivity index (χ1v) is 11.9. The number of aliphatic carboxylic acids is 1. The predicted octanol–water partition coefficient (Wildman–Crippen LogP) is 2.18. The Morgan fingerprint density at radius 3 is 2.57 bits per heavy atom. The molecule has 0 saturated heterocycles. The fourth-order valence-electron chi connectivity index (χ4n) is 3.62. The van der Waals surface area contributed by atoms with Crippen molar-refractivity contribution >= 4 is 46.1 Å². The number of thiophene rings is 1. The number of para-hydroxylation sites is 1. The number of amides is 3. The lowest BCUT2D eigenvalue weighted by molar-refractivity contribution is -0.139. The van der Waals surface area contributed by atoms with Crippen molar-refractivity contribution in [3.8, 4) is 5.75 Å². The highest BCUT2D eigenvalue weighted by atomic mass is 32.1. The summed E-state index contributed by atoms with van der Waals surface area (Å²) in [6.07, 6.45) is 1.45. The number of phenolic OH excluding ortho intramolecular Hbond substituents is 1. The molecule has 0 radical (unpaired) electrons. The number of hydrogen-bond acceptors (Lipinski definition) is 7. The first-order valence-electron chi connectivity index (χ1n) is 11.1. The van der Waals surface area contributed by atoms with E-state index in [4.69, 9.17) is 0 Å². The van der Waals surface area contributed by atoms with Crippen molar-refractivity contribution in [2.45, 2.75) is 19.5 Å². The molecular formula is C25H23N5O6S. The van der Waals surface area contributed by atoms with Crippen LogP contribution in [0, 0.1) is 6.92 Å². The number of aromatic hydroxyl groups is 1. The molecule has 0 fully saturated rings. The maximum Gasteiger partial charge on any atom is 0.328 e. The second-order valence-corrected chi connectivity index (χ2v) is 9.21.